The molecule has 0 spiro atoms. The second-order valence-corrected chi connectivity index (χ2v) is 12.4. The summed E-state index contributed by atoms with van der Waals surface area (Å²) in [5.41, 5.74) is -0.503. The Morgan fingerprint density at radius 2 is 1.43 bits per heavy atom. The van der Waals surface area contributed by atoms with Crippen LogP contribution in [0.1, 0.15) is 53.1 Å². The number of anilines is 1. The lowest BCUT2D eigenvalue weighted by molar-refractivity contribution is -0.159. The SMILES string of the molecule is CC(C)(C)OC(=O)N(C(=O)OC(C)(C)C)c1nc2cc(-c3cncc(-c4cnn(C(c5ccc(F)cc5)C(F)(F)F)c4)n3)ccn2n1. The zero-order valence-electron chi connectivity index (χ0n) is 26.2. The summed E-state index contributed by atoms with van der Waals surface area (Å²) in [5.74, 6) is -0.954. The molecule has 4 heterocycles. The Morgan fingerprint density at radius 3 is 2.00 bits per heavy atom. The van der Waals surface area contributed by atoms with Crippen molar-refractivity contribution in [1.82, 2.24) is 34.3 Å². The fourth-order valence-corrected chi connectivity index (χ4v) is 4.37. The van der Waals surface area contributed by atoms with Gasteiger partial charge in [0.2, 0.25) is 0 Å². The highest BCUT2D eigenvalue weighted by Gasteiger charge is 2.43. The molecule has 0 saturated carbocycles. The maximum absolute atomic E-state index is 14.1. The maximum atomic E-state index is 14.1. The Labute approximate surface area is 266 Å². The molecular formula is C31H30F4N8O4. The van der Waals surface area contributed by atoms with Crippen LogP contribution in [0, 0.1) is 5.82 Å². The van der Waals surface area contributed by atoms with Gasteiger partial charge in [0.1, 0.15) is 17.0 Å². The van der Waals surface area contributed by atoms with Gasteiger partial charge in [0, 0.05) is 23.5 Å². The fourth-order valence-electron chi connectivity index (χ4n) is 4.37. The first kappa shape index (κ1) is 33.0. The number of fused-ring (bicyclic) bond motifs is 1. The number of amides is 2. The van der Waals surface area contributed by atoms with Crippen molar-refractivity contribution in [2.75, 3.05) is 4.90 Å². The number of carbonyl (C=O) groups excluding carboxylic acids is 2. The van der Waals surface area contributed by atoms with Crippen molar-refractivity contribution in [3.8, 4) is 22.5 Å². The Morgan fingerprint density at radius 1 is 0.830 bits per heavy atom. The number of alkyl halides is 3. The Balaban J connectivity index is 1.46. The first-order valence-corrected chi connectivity index (χ1v) is 14.2. The zero-order valence-corrected chi connectivity index (χ0v) is 26.2. The van der Waals surface area contributed by atoms with Gasteiger partial charge < -0.3 is 9.47 Å². The van der Waals surface area contributed by atoms with E-state index in [0.29, 0.717) is 16.2 Å². The van der Waals surface area contributed by atoms with E-state index in [1.807, 2.05) is 0 Å². The molecule has 0 fully saturated rings. The maximum Gasteiger partial charge on any atom is 0.427 e. The number of carbonyl (C=O) groups is 2. The lowest BCUT2D eigenvalue weighted by atomic mass is 10.1. The molecule has 1 unspecified atom stereocenters. The van der Waals surface area contributed by atoms with Gasteiger partial charge in [-0.05, 0) is 71.4 Å². The molecular weight excluding hydrogens is 624 g/mol. The molecule has 47 heavy (non-hydrogen) atoms. The molecule has 16 heteroatoms. The summed E-state index contributed by atoms with van der Waals surface area (Å²) in [7, 11) is 0. The van der Waals surface area contributed by atoms with Gasteiger partial charge in [-0.15, -0.1) is 10.00 Å². The Bertz CT molecular complexity index is 1900. The van der Waals surface area contributed by atoms with E-state index in [4.69, 9.17) is 9.47 Å². The molecule has 2 amide bonds. The number of hydrogen-bond acceptors (Lipinski definition) is 9. The summed E-state index contributed by atoms with van der Waals surface area (Å²) in [6, 6.07) is 5.07. The second-order valence-electron chi connectivity index (χ2n) is 12.4. The van der Waals surface area contributed by atoms with E-state index < -0.39 is 41.4 Å². The van der Waals surface area contributed by atoms with Gasteiger partial charge in [-0.2, -0.15) is 23.3 Å². The Kier molecular flexibility index (Phi) is 8.47. The smallest absolute Gasteiger partial charge is 0.427 e. The molecule has 5 rings (SSSR count). The number of hydrogen-bond donors (Lipinski definition) is 0. The van der Waals surface area contributed by atoms with Crippen molar-refractivity contribution < 1.29 is 36.6 Å². The van der Waals surface area contributed by atoms with Crippen LogP contribution in [0.2, 0.25) is 0 Å². The number of halogens is 4. The van der Waals surface area contributed by atoms with Crippen LogP contribution in [0.15, 0.2) is 67.4 Å². The molecule has 5 aromatic rings. The summed E-state index contributed by atoms with van der Waals surface area (Å²) in [4.78, 5) is 39.8. The summed E-state index contributed by atoms with van der Waals surface area (Å²) in [5, 5.41) is 8.18. The van der Waals surface area contributed by atoms with Crippen molar-refractivity contribution in [2.24, 2.45) is 0 Å². The van der Waals surface area contributed by atoms with Crippen molar-refractivity contribution >= 4 is 23.8 Å². The number of imide groups is 1. The molecule has 0 bridgehead atoms. The normalized spacial score (nSPS) is 13.0. The van der Waals surface area contributed by atoms with Gasteiger partial charge >= 0.3 is 18.4 Å². The monoisotopic (exact) mass is 654 g/mol. The number of aromatic nitrogens is 7. The van der Waals surface area contributed by atoms with Gasteiger partial charge in [0.15, 0.2) is 11.7 Å². The third kappa shape index (κ3) is 7.70. The van der Waals surface area contributed by atoms with Crippen LogP contribution in [0.3, 0.4) is 0 Å². The topological polar surface area (TPSA) is 130 Å². The molecule has 0 saturated heterocycles. The van der Waals surface area contributed by atoms with E-state index in [1.54, 1.807) is 53.7 Å². The summed E-state index contributed by atoms with van der Waals surface area (Å²) < 4.78 is 68.4. The van der Waals surface area contributed by atoms with Gasteiger partial charge in [0.25, 0.3) is 5.95 Å². The first-order chi connectivity index (χ1) is 21.9. The second kappa shape index (κ2) is 12.1. The molecule has 0 radical (unpaired) electrons. The average molecular weight is 655 g/mol. The molecule has 0 N–H and O–H groups in total. The molecule has 4 aromatic heterocycles. The highest BCUT2D eigenvalue weighted by Crippen LogP contribution is 2.36. The number of ether oxygens (including phenoxy) is 2. The summed E-state index contributed by atoms with van der Waals surface area (Å²) >= 11 is 0. The Hall–Kier alpha value is -5.41. The van der Waals surface area contributed by atoms with Crippen molar-refractivity contribution in [3.63, 3.8) is 0 Å². The van der Waals surface area contributed by atoms with Crippen LogP contribution in [-0.4, -0.2) is 63.9 Å². The lowest BCUT2D eigenvalue weighted by Crippen LogP contribution is -2.44. The van der Waals surface area contributed by atoms with Gasteiger partial charge in [-0.3, -0.25) is 9.67 Å². The fraction of sp³-hybridized carbons (Fsp3) is 0.323. The minimum absolute atomic E-state index is 0.189. The highest BCUT2D eigenvalue weighted by molar-refractivity contribution is 6.08. The van der Waals surface area contributed by atoms with Gasteiger partial charge in [-0.25, -0.2) is 23.5 Å². The van der Waals surface area contributed by atoms with E-state index in [0.717, 1.165) is 28.9 Å². The minimum Gasteiger partial charge on any atom is -0.443 e. The number of rotatable bonds is 5. The molecule has 0 aliphatic heterocycles. The standard InChI is InChI=1S/C31H30F4N8O4/c1-29(2,3)46-27(44)43(28(45)47-30(4,5)6)26-39-24-13-19(11-12-41(24)40-26)22-15-36-16-23(38-22)20-14-37-42(17-20)25(31(33,34)35)18-7-9-21(32)10-8-18/h7-17,25H,1-6H3. The van der Waals surface area contributed by atoms with Crippen LogP contribution in [0.5, 0.6) is 0 Å². The first-order valence-electron chi connectivity index (χ1n) is 14.2. The molecule has 0 aliphatic carbocycles. The quantitative estimate of drug-likeness (QED) is 0.184. The van der Waals surface area contributed by atoms with E-state index in [1.165, 1.54) is 35.5 Å². The number of benzene rings is 1. The van der Waals surface area contributed by atoms with E-state index >= 15 is 0 Å². The predicted octanol–water partition coefficient (Wildman–Crippen LogP) is 7.02. The minimum atomic E-state index is -4.72. The zero-order chi connectivity index (χ0) is 34.3. The van der Waals surface area contributed by atoms with E-state index in [2.05, 4.69) is 25.1 Å². The van der Waals surface area contributed by atoms with Crippen LogP contribution in [0.4, 0.5) is 33.1 Å². The molecule has 1 aromatic carbocycles. The summed E-state index contributed by atoms with van der Waals surface area (Å²) in [6.07, 6.45) is -0.0308. The van der Waals surface area contributed by atoms with Crippen LogP contribution >= 0.6 is 0 Å². The van der Waals surface area contributed by atoms with Gasteiger partial charge in [0.05, 0.1) is 30.0 Å². The van der Waals surface area contributed by atoms with Crippen LogP contribution in [-0.2, 0) is 9.47 Å². The predicted molar refractivity (Wildman–Crippen MR) is 161 cm³/mol. The van der Waals surface area contributed by atoms with Crippen molar-refractivity contribution in [2.45, 2.75) is 65.0 Å². The van der Waals surface area contributed by atoms with Crippen LogP contribution < -0.4 is 4.90 Å². The highest BCUT2D eigenvalue weighted by atomic mass is 19.4. The largest absolute Gasteiger partial charge is 0.443 e. The lowest BCUT2D eigenvalue weighted by Gasteiger charge is -2.26. The average Bonchev–Trinajstić information content (AvgIpc) is 3.59. The number of pyridine rings is 1. The van der Waals surface area contributed by atoms with Crippen molar-refractivity contribution in [1.29, 1.82) is 0 Å². The van der Waals surface area contributed by atoms with Crippen LogP contribution in [0.25, 0.3) is 28.2 Å². The van der Waals surface area contributed by atoms with Crippen molar-refractivity contribution in [3.05, 3.63) is 78.8 Å². The number of nitrogens with zero attached hydrogens (tertiary/aromatic N) is 8. The van der Waals surface area contributed by atoms with Gasteiger partial charge in [-0.1, -0.05) is 12.1 Å². The third-order valence-corrected chi connectivity index (χ3v) is 6.27. The molecule has 12 nitrogen and oxygen atoms in total. The molecule has 1 atom stereocenters. The third-order valence-electron chi connectivity index (χ3n) is 6.27. The molecule has 0 aliphatic rings. The summed E-state index contributed by atoms with van der Waals surface area (Å²) in [6.45, 7) is 9.84. The van der Waals surface area contributed by atoms with E-state index in [-0.39, 0.29) is 28.4 Å². The van der Waals surface area contributed by atoms with E-state index in [9.17, 15) is 27.2 Å². The molecule has 246 valence electrons.